The third kappa shape index (κ3) is 8.99. The fraction of sp³-hybridized carbons (Fsp3) is 0.429. The van der Waals surface area contributed by atoms with Crippen molar-refractivity contribution in [2.24, 2.45) is 5.73 Å². The molecule has 2 aromatic carbocycles. The van der Waals surface area contributed by atoms with Crippen molar-refractivity contribution in [1.29, 1.82) is 0 Å². The minimum Gasteiger partial charge on any atom is -0.445 e. The Morgan fingerprint density at radius 1 is 1.02 bits per heavy atom. The van der Waals surface area contributed by atoms with Gasteiger partial charge in [-0.3, -0.25) is 14.4 Å². The molecule has 0 radical (unpaired) electrons. The number of amides is 2. The normalized spacial score (nSPS) is 13.9. The van der Waals surface area contributed by atoms with Crippen LogP contribution in [0.15, 0.2) is 54.6 Å². The molecule has 0 bridgehead atoms. The maximum atomic E-state index is 12.8. The topological polar surface area (TPSA) is 171 Å². The molecule has 228 valence electrons. The minimum absolute atomic E-state index is 0. The Balaban J connectivity index is 0.00000484. The van der Waals surface area contributed by atoms with Gasteiger partial charge in [-0.1, -0.05) is 49.9 Å². The summed E-state index contributed by atoms with van der Waals surface area (Å²) in [6.45, 7) is 4.69. The molecular formula is C28H39N7O6S. The molecule has 0 spiro atoms. The summed E-state index contributed by atoms with van der Waals surface area (Å²) in [4.78, 5) is 27.0. The molecule has 4 N–H and O–H groups in total. The molecule has 0 unspecified atom stereocenters. The van der Waals surface area contributed by atoms with E-state index in [4.69, 9.17) is 15.2 Å². The standard InChI is InChI=1S/C27H35N7O6S.CH4/c1-27(2,28)25(35)29-22(18-39-16-19-7-5-4-6-8-19)24-31-30-23-15-33(13-14-34(23)24)26(36)40-17-20-9-11-21(12-10-20)32-41(3,37)38;/h4-12,22,32H,13-18,28H2,1-3H3,(H,29,35);1H4/t22-;/m1./s1. The van der Waals surface area contributed by atoms with Crippen molar-refractivity contribution in [3.05, 3.63) is 77.4 Å². The highest BCUT2D eigenvalue weighted by Gasteiger charge is 2.31. The third-order valence-electron chi connectivity index (χ3n) is 6.26. The van der Waals surface area contributed by atoms with Gasteiger partial charge in [0.1, 0.15) is 12.6 Å². The maximum absolute atomic E-state index is 12.8. The Bertz CT molecular complexity index is 1450. The summed E-state index contributed by atoms with van der Waals surface area (Å²) >= 11 is 0. The molecular weight excluding hydrogens is 562 g/mol. The lowest BCUT2D eigenvalue weighted by Crippen LogP contribution is -2.51. The Morgan fingerprint density at radius 2 is 1.69 bits per heavy atom. The van der Waals surface area contributed by atoms with Crippen LogP contribution in [-0.2, 0) is 50.6 Å². The number of rotatable bonds is 11. The van der Waals surface area contributed by atoms with Crippen LogP contribution < -0.4 is 15.8 Å². The average molecular weight is 602 g/mol. The molecule has 2 amide bonds. The number of benzene rings is 2. The summed E-state index contributed by atoms with van der Waals surface area (Å²) in [5.41, 5.74) is 7.03. The summed E-state index contributed by atoms with van der Waals surface area (Å²) in [7, 11) is -3.38. The molecule has 1 aliphatic rings. The number of ether oxygens (including phenoxy) is 2. The van der Waals surface area contributed by atoms with Crippen molar-refractivity contribution in [2.75, 3.05) is 24.1 Å². The van der Waals surface area contributed by atoms with Crippen LogP contribution in [0.1, 0.15) is 50.1 Å². The molecule has 1 atom stereocenters. The fourth-order valence-corrected chi connectivity index (χ4v) is 4.67. The second kappa shape index (κ2) is 13.8. The van der Waals surface area contributed by atoms with Gasteiger partial charge in [-0.2, -0.15) is 0 Å². The zero-order valence-electron chi connectivity index (χ0n) is 23.2. The van der Waals surface area contributed by atoms with Gasteiger partial charge in [0, 0.05) is 18.8 Å². The molecule has 0 fully saturated rings. The average Bonchev–Trinajstić information content (AvgIpc) is 3.34. The van der Waals surface area contributed by atoms with Crippen molar-refractivity contribution in [2.45, 2.75) is 59.2 Å². The Morgan fingerprint density at radius 3 is 2.33 bits per heavy atom. The SMILES string of the molecule is C.CC(C)(N)C(=O)N[C@H](COCc1ccccc1)c1nnc2n1CCN(C(=O)OCc1ccc(NS(C)(=O)=O)cc1)C2. The van der Waals surface area contributed by atoms with Crippen LogP contribution in [0.25, 0.3) is 0 Å². The molecule has 13 nitrogen and oxygen atoms in total. The Labute approximate surface area is 246 Å². The number of carbonyl (C=O) groups excluding carboxylic acids is 2. The molecule has 1 aliphatic heterocycles. The van der Waals surface area contributed by atoms with Crippen LogP contribution in [0.3, 0.4) is 0 Å². The highest BCUT2D eigenvalue weighted by atomic mass is 32.2. The van der Waals surface area contributed by atoms with E-state index in [0.717, 1.165) is 11.8 Å². The smallest absolute Gasteiger partial charge is 0.410 e. The Kier molecular flexibility index (Phi) is 10.7. The van der Waals surface area contributed by atoms with Crippen molar-refractivity contribution >= 4 is 27.7 Å². The third-order valence-corrected chi connectivity index (χ3v) is 6.86. The molecule has 4 rings (SSSR count). The van der Waals surface area contributed by atoms with Gasteiger partial charge in [-0.15, -0.1) is 10.2 Å². The van der Waals surface area contributed by atoms with E-state index < -0.39 is 27.7 Å². The van der Waals surface area contributed by atoms with E-state index in [2.05, 4.69) is 20.2 Å². The lowest BCUT2D eigenvalue weighted by molar-refractivity contribution is -0.126. The van der Waals surface area contributed by atoms with Crippen LogP contribution in [0.4, 0.5) is 10.5 Å². The Hall–Kier alpha value is -4.01. The van der Waals surface area contributed by atoms with Crippen LogP contribution in [0, 0.1) is 0 Å². The van der Waals surface area contributed by atoms with E-state index in [-0.39, 0.29) is 33.1 Å². The van der Waals surface area contributed by atoms with E-state index >= 15 is 0 Å². The molecule has 2 heterocycles. The zero-order chi connectivity index (χ0) is 29.6. The molecule has 0 saturated carbocycles. The van der Waals surface area contributed by atoms with Gasteiger partial charge >= 0.3 is 6.09 Å². The molecule has 0 saturated heterocycles. The van der Waals surface area contributed by atoms with Crippen molar-refractivity contribution in [3.8, 4) is 0 Å². The lowest BCUT2D eigenvalue weighted by atomic mass is 10.1. The number of hydrogen-bond donors (Lipinski definition) is 3. The van der Waals surface area contributed by atoms with Gasteiger partial charge in [0.05, 0.1) is 31.6 Å². The van der Waals surface area contributed by atoms with Crippen molar-refractivity contribution in [3.63, 3.8) is 0 Å². The first-order valence-electron chi connectivity index (χ1n) is 13.0. The maximum Gasteiger partial charge on any atom is 0.410 e. The number of nitrogens with two attached hydrogens (primary N) is 1. The number of carbonyl (C=O) groups is 2. The second-order valence-electron chi connectivity index (χ2n) is 10.4. The van der Waals surface area contributed by atoms with Gasteiger partial charge in [-0.25, -0.2) is 13.2 Å². The second-order valence-corrected chi connectivity index (χ2v) is 12.2. The van der Waals surface area contributed by atoms with Gasteiger partial charge in [0.15, 0.2) is 11.6 Å². The molecule has 42 heavy (non-hydrogen) atoms. The highest BCUT2D eigenvalue weighted by molar-refractivity contribution is 7.92. The number of hydrogen-bond acceptors (Lipinski definition) is 9. The summed E-state index contributed by atoms with van der Waals surface area (Å²) in [6, 6.07) is 15.6. The minimum atomic E-state index is -3.38. The largest absolute Gasteiger partial charge is 0.445 e. The van der Waals surface area contributed by atoms with Crippen LogP contribution in [0.2, 0.25) is 0 Å². The summed E-state index contributed by atoms with van der Waals surface area (Å²) in [5.74, 6) is 0.708. The van der Waals surface area contributed by atoms with E-state index in [1.54, 1.807) is 38.1 Å². The van der Waals surface area contributed by atoms with E-state index in [1.807, 2.05) is 34.9 Å². The molecule has 3 aromatic rings. The molecule has 0 aliphatic carbocycles. The first-order chi connectivity index (χ1) is 19.4. The van der Waals surface area contributed by atoms with E-state index in [0.29, 0.717) is 42.6 Å². The van der Waals surface area contributed by atoms with E-state index in [1.165, 1.54) is 4.90 Å². The van der Waals surface area contributed by atoms with Gasteiger partial charge in [-0.05, 0) is 37.1 Å². The lowest BCUT2D eigenvalue weighted by Gasteiger charge is -2.29. The number of fused-ring (bicyclic) bond motifs is 1. The fourth-order valence-electron chi connectivity index (χ4n) is 4.11. The van der Waals surface area contributed by atoms with Gasteiger partial charge in [0.2, 0.25) is 15.9 Å². The summed E-state index contributed by atoms with van der Waals surface area (Å²) < 4.78 is 38.4. The quantitative estimate of drug-likeness (QED) is 0.299. The van der Waals surface area contributed by atoms with Gasteiger partial charge < -0.3 is 25.1 Å². The van der Waals surface area contributed by atoms with Crippen molar-refractivity contribution < 1.29 is 27.5 Å². The number of nitrogens with zero attached hydrogens (tertiary/aromatic N) is 4. The number of nitrogens with one attached hydrogen (secondary N) is 2. The predicted molar refractivity (Wildman–Crippen MR) is 158 cm³/mol. The molecule has 1 aromatic heterocycles. The first-order valence-corrected chi connectivity index (χ1v) is 14.9. The zero-order valence-corrected chi connectivity index (χ0v) is 24.1. The summed E-state index contributed by atoms with van der Waals surface area (Å²) in [6.07, 6.45) is 0.558. The van der Waals surface area contributed by atoms with Gasteiger partial charge in [0.25, 0.3) is 0 Å². The number of sulfonamides is 1. The van der Waals surface area contributed by atoms with Crippen LogP contribution >= 0.6 is 0 Å². The summed E-state index contributed by atoms with van der Waals surface area (Å²) in [5, 5.41) is 11.5. The van der Waals surface area contributed by atoms with Crippen molar-refractivity contribution in [1.82, 2.24) is 25.0 Å². The number of anilines is 1. The van der Waals surface area contributed by atoms with Crippen LogP contribution in [0.5, 0.6) is 0 Å². The number of aromatic nitrogens is 3. The van der Waals surface area contributed by atoms with Crippen LogP contribution in [-0.4, -0.2) is 65.0 Å². The van der Waals surface area contributed by atoms with E-state index in [9.17, 15) is 18.0 Å². The molecule has 14 heteroatoms. The highest BCUT2D eigenvalue weighted by Crippen LogP contribution is 2.20. The monoisotopic (exact) mass is 601 g/mol. The first kappa shape index (κ1) is 32.5. The predicted octanol–water partition coefficient (Wildman–Crippen LogP) is 2.55.